The summed E-state index contributed by atoms with van der Waals surface area (Å²) in [6.07, 6.45) is 4.49. The SMILES string of the molecule is Cc1nc(N)c2c(C)c(C(=O)N3CCOC4(CCCC4)C3)sc2n1. The topological polar surface area (TPSA) is 81.3 Å². The zero-order chi connectivity index (χ0) is 16.9. The molecule has 0 atom stereocenters. The summed E-state index contributed by atoms with van der Waals surface area (Å²) in [5.41, 5.74) is 6.83. The summed E-state index contributed by atoms with van der Waals surface area (Å²) in [6, 6.07) is 0. The van der Waals surface area contributed by atoms with Crippen LogP contribution in [0, 0.1) is 13.8 Å². The number of nitrogen functional groups attached to an aromatic ring is 1. The smallest absolute Gasteiger partial charge is 0.264 e. The Labute approximate surface area is 145 Å². The predicted octanol–water partition coefficient (Wildman–Crippen LogP) is 2.68. The van der Waals surface area contributed by atoms with E-state index in [1.807, 2.05) is 18.7 Å². The average molecular weight is 346 g/mol. The molecule has 6 nitrogen and oxygen atoms in total. The van der Waals surface area contributed by atoms with Crippen molar-refractivity contribution in [2.24, 2.45) is 0 Å². The number of nitrogens with two attached hydrogens (primary N) is 1. The van der Waals surface area contributed by atoms with Crippen molar-refractivity contribution in [1.29, 1.82) is 0 Å². The number of morpholine rings is 1. The van der Waals surface area contributed by atoms with Gasteiger partial charge in [-0.2, -0.15) is 0 Å². The molecule has 2 aromatic heterocycles. The van der Waals surface area contributed by atoms with Crippen molar-refractivity contribution in [1.82, 2.24) is 14.9 Å². The zero-order valence-electron chi connectivity index (χ0n) is 14.1. The Morgan fingerprint density at radius 1 is 1.29 bits per heavy atom. The molecule has 2 aliphatic rings. The maximum absolute atomic E-state index is 13.1. The summed E-state index contributed by atoms with van der Waals surface area (Å²) in [4.78, 5) is 25.3. The second kappa shape index (κ2) is 5.67. The van der Waals surface area contributed by atoms with Crippen molar-refractivity contribution >= 4 is 33.3 Å². The molecule has 0 radical (unpaired) electrons. The first-order chi connectivity index (χ1) is 11.5. The lowest BCUT2D eigenvalue weighted by molar-refractivity contribution is -0.0947. The van der Waals surface area contributed by atoms with Crippen LogP contribution in [-0.2, 0) is 4.74 Å². The van der Waals surface area contributed by atoms with E-state index in [1.165, 1.54) is 24.2 Å². The average Bonchev–Trinajstić information content (AvgIpc) is 3.11. The van der Waals surface area contributed by atoms with Crippen LogP contribution >= 0.6 is 11.3 Å². The summed E-state index contributed by atoms with van der Waals surface area (Å²) in [5.74, 6) is 1.16. The standard InChI is InChI=1S/C17H22N4O2S/c1-10-12-14(18)19-11(2)20-15(12)24-13(10)16(22)21-7-8-23-17(9-21)5-3-4-6-17/h3-9H2,1-2H3,(H2,18,19,20). The maximum atomic E-state index is 13.1. The molecule has 1 saturated carbocycles. The largest absolute Gasteiger partial charge is 0.383 e. The van der Waals surface area contributed by atoms with E-state index in [9.17, 15) is 4.79 Å². The third-order valence-corrected chi connectivity index (χ3v) is 6.35. The lowest BCUT2D eigenvalue weighted by Crippen LogP contribution is -2.52. The molecule has 2 aromatic rings. The molecule has 1 spiro atoms. The Morgan fingerprint density at radius 2 is 2.04 bits per heavy atom. The molecule has 1 aliphatic heterocycles. The van der Waals surface area contributed by atoms with Crippen LogP contribution < -0.4 is 5.73 Å². The van der Waals surface area contributed by atoms with Gasteiger partial charge in [0.05, 0.1) is 29.0 Å². The summed E-state index contributed by atoms with van der Waals surface area (Å²) >= 11 is 1.42. The van der Waals surface area contributed by atoms with Gasteiger partial charge in [-0.1, -0.05) is 12.8 Å². The number of amides is 1. The summed E-state index contributed by atoms with van der Waals surface area (Å²) in [6.45, 7) is 5.72. The van der Waals surface area contributed by atoms with E-state index >= 15 is 0 Å². The Bertz CT molecular complexity index is 811. The van der Waals surface area contributed by atoms with Crippen LogP contribution in [0.2, 0.25) is 0 Å². The monoisotopic (exact) mass is 346 g/mol. The van der Waals surface area contributed by atoms with Crippen LogP contribution in [0.25, 0.3) is 10.2 Å². The van der Waals surface area contributed by atoms with Crippen LogP contribution in [0.3, 0.4) is 0 Å². The molecule has 7 heteroatoms. The molecular formula is C17H22N4O2S. The van der Waals surface area contributed by atoms with Crippen LogP contribution in [0.4, 0.5) is 5.82 Å². The zero-order valence-corrected chi connectivity index (χ0v) is 14.9. The highest BCUT2D eigenvalue weighted by Gasteiger charge is 2.41. The molecule has 1 aliphatic carbocycles. The first-order valence-corrected chi connectivity index (χ1v) is 9.27. The third-order valence-electron chi connectivity index (χ3n) is 5.17. The van der Waals surface area contributed by atoms with Gasteiger partial charge in [0.15, 0.2) is 0 Å². The minimum atomic E-state index is -0.117. The van der Waals surface area contributed by atoms with E-state index in [2.05, 4.69) is 9.97 Å². The number of anilines is 1. The summed E-state index contributed by atoms with van der Waals surface area (Å²) < 4.78 is 6.03. The number of hydrogen-bond acceptors (Lipinski definition) is 6. The summed E-state index contributed by atoms with van der Waals surface area (Å²) in [7, 11) is 0. The predicted molar refractivity (Wildman–Crippen MR) is 94.4 cm³/mol. The van der Waals surface area contributed by atoms with Crippen molar-refractivity contribution in [3.8, 4) is 0 Å². The lowest BCUT2D eigenvalue weighted by Gasteiger charge is -2.40. The molecule has 128 valence electrons. The van der Waals surface area contributed by atoms with E-state index in [1.54, 1.807) is 0 Å². The van der Waals surface area contributed by atoms with E-state index in [0.29, 0.717) is 31.3 Å². The number of thiophene rings is 1. The second-order valence-electron chi connectivity index (χ2n) is 6.86. The highest BCUT2D eigenvalue weighted by Crippen LogP contribution is 2.38. The van der Waals surface area contributed by atoms with Crippen molar-refractivity contribution < 1.29 is 9.53 Å². The van der Waals surface area contributed by atoms with Gasteiger partial charge in [0, 0.05) is 6.54 Å². The molecule has 0 unspecified atom stereocenters. The number of aryl methyl sites for hydroxylation is 2. The van der Waals surface area contributed by atoms with E-state index in [0.717, 1.165) is 33.5 Å². The Hall–Kier alpha value is -1.73. The van der Waals surface area contributed by atoms with Crippen molar-refractivity contribution in [2.45, 2.75) is 45.1 Å². The van der Waals surface area contributed by atoms with Gasteiger partial charge in [-0.25, -0.2) is 9.97 Å². The second-order valence-corrected chi connectivity index (χ2v) is 7.86. The van der Waals surface area contributed by atoms with Gasteiger partial charge in [-0.3, -0.25) is 4.79 Å². The molecule has 2 N–H and O–H groups in total. The van der Waals surface area contributed by atoms with Gasteiger partial charge >= 0.3 is 0 Å². The fraction of sp³-hybridized carbons (Fsp3) is 0.588. The number of carbonyl (C=O) groups excluding carboxylic acids is 1. The molecule has 3 heterocycles. The van der Waals surface area contributed by atoms with E-state index in [-0.39, 0.29) is 11.5 Å². The Balaban J connectivity index is 1.68. The highest BCUT2D eigenvalue weighted by molar-refractivity contribution is 7.20. The first-order valence-electron chi connectivity index (χ1n) is 8.45. The highest BCUT2D eigenvalue weighted by atomic mass is 32.1. The minimum Gasteiger partial charge on any atom is -0.383 e. The fourth-order valence-corrected chi connectivity index (χ4v) is 5.17. The van der Waals surface area contributed by atoms with Gasteiger partial charge in [0.1, 0.15) is 16.5 Å². The maximum Gasteiger partial charge on any atom is 0.264 e. The van der Waals surface area contributed by atoms with Gasteiger partial charge in [0.2, 0.25) is 0 Å². The fourth-order valence-electron chi connectivity index (χ4n) is 3.97. The van der Waals surface area contributed by atoms with Crippen LogP contribution in [0.15, 0.2) is 0 Å². The van der Waals surface area contributed by atoms with Crippen LogP contribution in [0.1, 0.15) is 46.7 Å². The van der Waals surface area contributed by atoms with Crippen LogP contribution in [-0.4, -0.2) is 46.1 Å². The van der Waals surface area contributed by atoms with Crippen molar-refractivity contribution in [3.63, 3.8) is 0 Å². The molecule has 1 saturated heterocycles. The van der Waals surface area contributed by atoms with Crippen molar-refractivity contribution in [3.05, 3.63) is 16.3 Å². The molecule has 1 amide bonds. The number of aromatic nitrogens is 2. The molecule has 24 heavy (non-hydrogen) atoms. The molecule has 0 aromatic carbocycles. The minimum absolute atomic E-state index is 0.0714. The van der Waals surface area contributed by atoms with Gasteiger partial charge < -0.3 is 15.4 Å². The van der Waals surface area contributed by atoms with Gasteiger partial charge in [0.25, 0.3) is 5.91 Å². The molecular weight excluding hydrogens is 324 g/mol. The molecule has 4 rings (SSSR count). The number of rotatable bonds is 1. The van der Waals surface area contributed by atoms with Gasteiger partial charge in [-0.05, 0) is 32.3 Å². The number of fused-ring (bicyclic) bond motifs is 1. The van der Waals surface area contributed by atoms with Crippen molar-refractivity contribution in [2.75, 3.05) is 25.4 Å². The van der Waals surface area contributed by atoms with Gasteiger partial charge in [-0.15, -0.1) is 11.3 Å². The summed E-state index contributed by atoms with van der Waals surface area (Å²) in [5, 5.41) is 0.817. The Kier molecular flexibility index (Phi) is 3.73. The molecule has 0 bridgehead atoms. The number of hydrogen-bond donors (Lipinski definition) is 1. The third kappa shape index (κ3) is 2.46. The Morgan fingerprint density at radius 3 is 2.79 bits per heavy atom. The van der Waals surface area contributed by atoms with E-state index in [4.69, 9.17) is 10.5 Å². The quantitative estimate of drug-likeness (QED) is 0.858. The normalized spacial score (nSPS) is 20.2. The number of ether oxygens (including phenoxy) is 1. The first kappa shape index (κ1) is 15.8. The van der Waals surface area contributed by atoms with Crippen LogP contribution in [0.5, 0.6) is 0 Å². The van der Waals surface area contributed by atoms with E-state index < -0.39 is 0 Å². The number of nitrogens with zero attached hydrogens (tertiary/aromatic N) is 3. The lowest BCUT2D eigenvalue weighted by atomic mass is 9.99. The molecule has 2 fully saturated rings. The number of carbonyl (C=O) groups is 1.